The van der Waals surface area contributed by atoms with Crippen LogP contribution in [0.25, 0.3) is 0 Å². The minimum absolute atomic E-state index is 0.351. The second kappa shape index (κ2) is 4.97. The van der Waals surface area contributed by atoms with E-state index < -0.39 is 0 Å². The summed E-state index contributed by atoms with van der Waals surface area (Å²) in [4.78, 5) is 14.7. The molecule has 96 valence electrons. The van der Waals surface area contributed by atoms with Gasteiger partial charge in [-0.2, -0.15) is 0 Å². The topological polar surface area (TPSA) is 32.3 Å². The smallest absolute Gasteiger partial charge is 0.225 e. The molecule has 0 bridgehead atoms. The van der Waals surface area contributed by atoms with Crippen molar-refractivity contribution < 1.29 is 4.79 Å². The first kappa shape index (κ1) is 11.5. The summed E-state index contributed by atoms with van der Waals surface area (Å²) in [7, 11) is 0. The third-order valence-electron chi connectivity index (χ3n) is 4.91. The standard InChI is InChI=1S/C14H24N2O/c17-14(11-5-3-1-2-4-6-11)16-9-12-7-15-8-13(12)10-16/h11-13,15H,1-10H2. The molecule has 2 heterocycles. The summed E-state index contributed by atoms with van der Waals surface area (Å²) < 4.78 is 0. The van der Waals surface area contributed by atoms with Crippen LogP contribution in [0.1, 0.15) is 38.5 Å². The maximum atomic E-state index is 12.5. The predicted molar refractivity (Wildman–Crippen MR) is 67.6 cm³/mol. The second-order valence-electron chi connectivity index (χ2n) is 6.11. The zero-order valence-electron chi connectivity index (χ0n) is 10.7. The number of fused-ring (bicyclic) bond motifs is 1. The molecule has 3 rings (SSSR count). The molecular weight excluding hydrogens is 212 g/mol. The molecule has 0 aromatic heterocycles. The molecule has 1 N–H and O–H groups in total. The minimum atomic E-state index is 0.351. The molecule has 0 aromatic rings. The minimum Gasteiger partial charge on any atom is -0.342 e. The van der Waals surface area contributed by atoms with Crippen LogP contribution in [0, 0.1) is 17.8 Å². The number of hydrogen-bond donors (Lipinski definition) is 1. The van der Waals surface area contributed by atoms with Crippen LogP contribution in [-0.4, -0.2) is 37.0 Å². The van der Waals surface area contributed by atoms with Crippen LogP contribution < -0.4 is 5.32 Å². The summed E-state index contributed by atoms with van der Waals surface area (Å²) in [6, 6.07) is 0. The predicted octanol–water partition coefficient (Wildman–Crippen LogP) is 1.63. The fraction of sp³-hybridized carbons (Fsp3) is 0.929. The van der Waals surface area contributed by atoms with Gasteiger partial charge in [0.15, 0.2) is 0 Å². The molecule has 0 spiro atoms. The van der Waals surface area contributed by atoms with Crippen molar-refractivity contribution in [2.75, 3.05) is 26.2 Å². The molecule has 1 aliphatic carbocycles. The van der Waals surface area contributed by atoms with Gasteiger partial charge in [0.1, 0.15) is 0 Å². The number of nitrogens with one attached hydrogen (secondary N) is 1. The lowest BCUT2D eigenvalue weighted by molar-refractivity contribution is -0.135. The lowest BCUT2D eigenvalue weighted by Gasteiger charge is -2.23. The Morgan fingerprint density at radius 3 is 2.12 bits per heavy atom. The maximum Gasteiger partial charge on any atom is 0.225 e. The van der Waals surface area contributed by atoms with Crippen molar-refractivity contribution in [3.8, 4) is 0 Å². The quantitative estimate of drug-likeness (QED) is 0.702. The van der Waals surface area contributed by atoms with E-state index >= 15 is 0 Å². The summed E-state index contributed by atoms with van der Waals surface area (Å²) in [6.45, 7) is 4.29. The van der Waals surface area contributed by atoms with E-state index in [2.05, 4.69) is 10.2 Å². The Kier molecular flexibility index (Phi) is 3.37. The normalized spacial score (nSPS) is 34.7. The highest BCUT2D eigenvalue weighted by molar-refractivity contribution is 5.79. The van der Waals surface area contributed by atoms with Crippen LogP contribution in [-0.2, 0) is 4.79 Å². The molecule has 1 amide bonds. The maximum absolute atomic E-state index is 12.5. The third-order valence-corrected chi connectivity index (χ3v) is 4.91. The molecule has 3 aliphatic rings. The van der Waals surface area contributed by atoms with E-state index in [4.69, 9.17) is 0 Å². The van der Waals surface area contributed by atoms with E-state index in [0.717, 1.165) is 50.9 Å². The van der Waals surface area contributed by atoms with Gasteiger partial charge in [0.25, 0.3) is 0 Å². The molecule has 2 unspecified atom stereocenters. The molecule has 2 saturated heterocycles. The molecule has 0 radical (unpaired) electrons. The number of hydrogen-bond acceptors (Lipinski definition) is 2. The SMILES string of the molecule is O=C(C1CCCCCC1)N1CC2CNCC2C1. The Bertz CT molecular complexity index is 272. The van der Waals surface area contributed by atoms with Gasteiger partial charge in [-0.15, -0.1) is 0 Å². The Morgan fingerprint density at radius 2 is 1.53 bits per heavy atom. The highest BCUT2D eigenvalue weighted by atomic mass is 16.2. The number of nitrogens with zero attached hydrogens (tertiary/aromatic N) is 1. The lowest BCUT2D eigenvalue weighted by Crippen LogP contribution is -2.36. The fourth-order valence-corrected chi connectivity index (χ4v) is 3.82. The second-order valence-corrected chi connectivity index (χ2v) is 6.11. The number of carbonyl (C=O) groups is 1. The Labute approximate surface area is 104 Å². The molecule has 2 aliphatic heterocycles. The van der Waals surface area contributed by atoms with Crippen molar-refractivity contribution in [3.05, 3.63) is 0 Å². The lowest BCUT2D eigenvalue weighted by atomic mass is 9.99. The molecule has 17 heavy (non-hydrogen) atoms. The monoisotopic (exact) mass is 236 g/mol. The molecule has 3 fully saturated rings. The summed E-state index contributed by atoms with van der Waals surface area (Å²) in [5.74, 6) is 2.31. The summed E-state index contributed by atoms with van der Waals surface area (Å²) in [6.07, 6.45) is 7.47. The van der Waals surface area contributed by atoms with E-state index in [-0.39, 0.29) is 0 Å². The van der Waals surface area contributed by atoms with Gasteiger partial charge in [-0.3, -0.25) is 4.79 Å². The van der Waals surface area contributed by atoms with Gasteiger partial charge in [-0.1, -0.05) is 25.7 Å². The summed E-state index contributed by atoms with van der Waals surface area (Å²) in [5, 5.41) is 3.44. The molecule has 1 saturated carbocycles. The third kappa shape index (κ3) is 2.35. The van der Waals surface area contributed by atoms with Gasteiger partial charge < -0.3 is 10.2 Å². The van der Waals surface area contributed by atoms with Crippen LogP contribution in [0.15, 0.2) is 0 Å². The first-order chi connectivity index (χ1) is 8.34. The zero-order valence-corrected chi connectivity index (χ0v) is 10.7. The molecule has 3 nitrogen and oxygen atoms in total. The van der Waals surface area contributed by atoms with E-state index in [1.165, 1.54) is 25.7 Å². The van der Waals surface area contributed by atoms with Crippen LogP contribution in [0.4, 0.5) is 0 Å². The van der Waals surface area contributed by atoms with E-state index in [9.17, 15) is 4.79 Å². The number of carbonyl (C=O) groups excluding carboxylic acids is 1. The van der Waals surface area contributed by atoms with Crippen molar-refractivity contribution in [3.63, 3.8) is 0 Å². The van der Waals surface area contributed by atoms with Gasteiger partial charge in [0, 0.05) is 32.1 Å². The molecule has 2 atom stereocenters. The van der Waals surface area contributed by atoms with Crippen LogP contribution in [0.5, 0.6) is 0 Å². The van der Waals surface area contributed by atoms with Gasteiger partial charge in [-0.25, -0.2) is 0 Å². The largest absolute Gasteiger partial charge is 0.342 e. The van der Waals surface area contributed by atoms with E-state index in [0.29, 0.717) is 11.8 Å². The van der Waals surface area contributed by atoms with E-state index in [1.54, 1.807) is 0 Å². The van der Waals surface area contributed by atoms with Gasteiger partial charge >= 0.3 is 0 Å². The number of amides is 1. The van der Waals surface area contributed by atoms with Crippen molar-refractivity contribution >= 4 is 5.91 Å². The summed E-state index contributed by atoms with van der Waals surface area (Å²) >= 11 is 0. The Morgan fingerprint density at radius 1 is 0.941 bits per heavy atom. The van der Waals surface area contributed by atoms with Crippen molar-refractivity contribution in [2.24, 2.45) is 17.8 Å². The van der Waals surface area contributed by atoms with Crippen molar-refractivity contribution in [1.29, 1.82) is 0 Å². The highest BCUT2D eigenvalue weighted by Gasteiger charge is 2.39. The summed E-state index contributed by atoms with van der Waals surface area (Å²) in [5.41, 5.74) is 0. The van der Waals surface area contributed by atoms with Gasteiger partial charge in [-0.05, 0) is 24.7 Å². The van der Waals surface area contributed by atoms with Crippen LogP contribution in [0.2, 0.25) is 0 Å². The highest BCUT2D eigenvalue weighted by Crippen LogP contribution is 2.30. The van der Waals surface area contributed by atoms with Crippen molar-refractivity contribution in [2.45, 2.75) is 38.5 Å². The first-order valence-electron chi connectivity index (χ1n) is 7.34. The van der Waals surface area contributed by atoms with Crippen LogP contribution >= 0.6 is 0 Å². The number of rotatable bonds is 1. The number of likely N-dealkylation sites (tertiary alicyclic amines) is 1. The Hall–Kier alpha value is -0.570. The molecular formula is C14H24N2O. The van der Waals surface area contributed by atoms with Crippen molar-refractivity contribution in [1.82, 2.24) is 10.2 Å². The zero-order chi connectivity index (χ0) is 11.7. The fourth-order valence-electron chi connectivity index (χ4n) is 3.82. The average molecular weight is 236 g/mol. The van der Waals surface area contributed by atoms with Gasteiger partial charge in [0.2, 0.25) is 5.91 Å². The average Bonchev–Trinajstić information content (AvgIpc) is 2.80. The van der Waals surface area contributed by atoms with Crippen LogP contribution in [0.3, 0.4) is 0 Å². The molecule has 0 aromatic carbocycles. The van der Waals surface area contributed by atoms with E-state index in [1.807, 2.05) is 0 Å². The first-order valence-corrected chi connectivity index (χ1v) is 7.34. The van der Waals surface area contributed by atoms with Gasteiger partial charge in [0.05, 0.1) is 0 Å². The molecule has 3 heteroatoms. The Balaban J connectivity index is 1.58.